The summed E-state index contributed by atoms with van der Waals surface area (Å²) in [6.07, 6.45) is 4.77. The fourth-order valence-electron chi connectivity index (χ4n) is 3.68. The number of carbonyl (C=O) groups excluding carboxylic acids is 1. The van der Waals surface area contributed by atoms with E-state index in [1.807, 2.05) is 18.9 Å². The molecule has 0 aromatic heterocycles. The minimum Gasteiger partial charge on any atom is -0.342 e. The Hall–Kier alpha value is -1.00. The highest BCUT2D eigenvalue weighted by molar-refractivity contribution is 8.00. The average Bonchev–Trinajstić information content (AvgIpc) is 2.86. The molecule has 0 radical (unpaired) electrons. The van der Waals surface area contributed by atoms with Crippen molar-refractivity contribution < 1.29 is 4.79 Å². The summed E-state index contributed by atoms with van der Waals surface area (Å²) in [5, 5.41) is 3.62. The smallest absolute Gasteiger partial charge is 0.235 e. The van der Waals surface area contributed by atoms with Crippen LogP contribution in [0.2, 0.25) is 0 Å². The van der Waals surface area contributed by atoms with Crippen molar-refractivity contribution in [3.63, 3.8) is 0 Å². The van der Waals surface area contributed by atoms with Crippen LogP contribution in [-0.2, 0) is 4.79 Å². The molecule has 2 bridgehead atoms. The second-order valence-electron chi connectivity index (χ2n) is 6.79. The van der Waals surface area contributed by atoms with Crippen molar-refractivity contribution in [1.29, 1.82) is 0 Å². The third kappa shape index (κ3) is 3.49. The lowest BCUT2D eigenvalue weighted by molar-refractivity contribution is -0.131. The van der Waals surface area contributed by atoms with Gasteiger partial charge in [-0.25, -0.2) is 0 Å². The minimum atomic E-state index is -0.0276. The summed E-state index contributed by atoms with van der Waals surface area (Å²) in [4.78, 5) is 15.9. The Bertz CT molecular complexity index is 518. The van der Waals surface area contributed by atoms with Gasteiger partial charge in [0.05, 0.1) is 5.25 Å². The Morgan fingerprint density at radius 1 is 1.23 bits per heavy atom. The molecule has 2 aliphatic rings. The molecule has 1 aromatic carbocycles. The van der Waals surface area contributed by atoms with Crippen LogP contribution in [0.25, 0.3) is 0 Å². The molecule has 0 spiro atoms. The highest BCUT2D eigenvalue weighted by Gasteiger charge is 2.37. The number of rotatable bonds is 4. The Morgan fingerprint density at radius 3 is 2.41 bits per heavy atom. The van der Waals surface area contributed by atoms with Gasteiger partial charge in [-0.3, -0.25) is 4.79 Å². The van der Waals surface area contributed by atoms with Crippen molar-refractivity contribution >= 4 is 17.7 Å². The summed E-state index contributed by atoms with van der Waals surface area (Å²) in [5.74, 6) is 0.261. The molecule has 3 unspecified atom stereocenters. The van der Waals surface area contributed by atoms with Crippen LogP contribution in [0.3, 0.4) is 0 Å². The second kappa shape index (κ2) is 6.63. The van der Waals surface area contributed by atoms with Gasteiger partial charge in [-0.15, -0.1) is 11.8 Å². The summed E-state index contributed by atoms with van der Waals surface area (Å²) < 4.78 is 0. The Kier molecular flexibility index (Phi) is 4.79. The molecule has 2 fully saturated rings. The summed E-state index contributed by atoms with van der Waals surface area (Å²) in [6, 6.07) is 10.1. The van der Waals surface area contributed by atoms with E-state index in [2.05, 4.69) is 36.5 Å². The van der Waals surface area contributed by atoms with Gasteiger partial charge < -0.3 is 10.2 Å². The molecule has 22 heavy (non-hydrogen) atoms. The van der Waals surface area contributed by atoms with Gasteiger partial charge in [0, 0.05) is 30.1 Å². The number of amides is 1. The van der Waals surface area contributed by atoms with Crippen molar-refractivity contribution in [1.82, 2.24) is 10.2 Å². The maximum atomic E-state index is 12.7. The first-order valence-electron chi connectivity index (χ1n) is 8.29. The summed E-state index contributed by atoms with van der Waals surface area (Å²) in [6.45, 7) is 4.11. The van der Waals surface area contributed by atoms with E-state index in [0.29, 0.717) is 18.1 Å². The predicted octanol–water partition coefficient (Wildman–Crippen LogP) is 3.22. The number of aryl methyl sites for hydroxylation is 1. The molecule has 3 rings (SSSR count). The molecule has 3 nitrogen and oxygen atoms in total. The molecule has 2 aliphatic heterocycles. The van der Waals surface area contributed by atoms with Crippen LogP contribution in [0.1, 0.15) is 38.2 Å². The number of fused-ring (bicyclic) bond motifs is 2. The summed E-state index contributed by atoms with van der Waals surface area (Å²) in [5.41, 5.74) is 1.26. The van der Waals surface area contributed by atoms with E-state index in [1.165, 1.54) is 23.3 Å². The van der Waals surface area contributed by atoms with Crippen LogP contribution < -0.4 is 5.32 Å². The first kappa shape index (κ1) is 15.9. The van der Waals surface area contributed by atoms with E-state index in [4.69, 9.17) is 0 Å². The highest BCUT2D eigenvalue weighted by atomic mass is 32.2. The number of nitrogens with zero attached hydrogens (tertiary/aromatic N) is 1. The molecule has 2 saturated heterocycles. The monoisotopic (exact) mass is 318 g/mol. The van der Waals surface area contributed by atoms with Gasteiger partial charge in [-0.1, -0.05) is 17.7 Å². The third-order valence-electron chi connectivity index (χ3n) is 5.03. The van der Waals surface area contributed by atoms with Crippen LogP contribution in [0.15, 0.2) is 29.2 Å². The van der Waals surface area contributed by atoms with Gasteiger partial charge in [0.2, 0.25) is 5.91 Å². The molecular weight excluding hydrogens is 292 g/mol. The maximum absolute atomic E-state index is 12.7. The second-order valence-corrected chi connectivity index (χ2v) is 8.20. The van der Waals surface area contributed by atoms with E-state index in [9.17, 15) is 4.79 Å². The Labute approximate surface area is 137 Å². The van der Waals surface area contributed by atoms with Gasteiger partial charge in [0.15, 0.2) is 0 Å². The number of hydrogen-bond donors (Lipinski definition) is 1. The molecule has 0 saturated carbocycles. The lowest BCUT2D eigenvalue weighted by Gasteiger charge is -2.36. The topological polar surface area (TPSA) is 32.3 Å². The molecule has 0 aliphatic carbocycles. The molecule has 120 valence electrons. The Morgan fingerprint density at radius 2 is 1.82 bits per heavy atom. The minimum absolute atomic E-state index is 0.0276. The van der Waals surface area contributed by atoms with Crippen molar-refractivity contribution in [3.8, 4) is 0 Å². The zero-order valence-corrected chi connectivity index (χ0v) is 14.5. The number of benzene rings is 1. The Balaban J connectivity index is 1.58. The van der Waals surface area contributed by atoms with Crippen molar-refractivity contribution in [2.24, 2.45) is 0 Å². The van der Waals surface area contributed by atoms with Crippen molar-refractivity contribution in [2.75, 3.05) is 7.05 Å². The van der Waals surface area contributed by atoms with Crippen LogP contribution in [-0.4, -0.2) is 41.2 Å². The number of nitrogens with one attached hydrogen (secondary N) is 1. The first-order valence-corrected chi connectivity index (χ1v) is 9.17. The molecule has 1 aromatic rings. The fraction of sp³-hybridized carbons (Fsp3) is 0.611. The molecule has 4 heteroatoms. The van der Waals surface area contributed by atoms with E-state index in [0.717, 1.165) is 12.8 Å². The van der Waals surface area contributed by atoms with Crippen LogP contribution in [0.5, 0.6) is 0 Å². The van der Waals surface area contributed by atoms with Gasteiger partial charge in [0.1, 0.15) is 0 Å². The van der Waals surface area contributed by atoms with Gasteiger partial charge in [-0.2, -0.15) is 0 Å². The van der Waals surface area contributed by atoms with Gasteiger partial charge in [0.25, 0.3) is 0 Å². The quantitative estimate of drug-likeness (QED) is 0.865. The van der Waals surface area contributed by atoms with Crippen LogP contribution in [0, 0.1) is 6.92 Å². The number of thioether (sulfide) groups is 1. The standard InChI is InChI=1S/C18H26N2OS/c1-12-4-8-17(9-5-12)22-13(2)18(21)20(3)16-10-14-6-7-15(11-16)19-14/h4-5,8-9,13-16,19H,6-7,10-11H2,1-3H3. The number of piperidine rings is 1. The van der Waals surface area contributed by atoms with Crippen LogP contribution in [0.4, 0.5) is 0 Å². The molecule has 1 amide bonds. The average molecular weight is 318 g/mol. The molecule has 1 N–H and O–H groups in total. The van der Waals surface area contributed by atoms with E-state index < -0.39 is 0 Å². The van der Waals surface area contributed by atoms with Crippen LogP contribution >= 0.6 is 11.8 Å². The van der Waals surface area contributed by atoms with Gasteiger partial charge in [-0.05, 0) is 51.7 Å². The summed E-state index contributed by atoms with van der Waals surface area (Å²) in [7, 11) is 1.99. The highest BCUT2D eigenvalue weighted by Crippen LogP contribution is 2.31. The maximum Gasteiger partial charge on any atom is 0.235 e. The van der Waals surface area contributed by atoms with Gasteiger partial charge >= 0.3 is 0 Å². The lowest BCUT2D eigenvalue weighted by atomic mass is 9.98. The van der Waals surface area contributed by atoms with Crippen molar-refractivity contribution in [2.45, 2.75) is 67.8 Å². The van der Waals surface area contributed by atoms with E-state index in [1.54, 1.807) is 11.8 Å². The van der Waals surface area contributed by atoms with Crippen molar-refractivity contribution in [3.05, 3.63) is 29.8 Å². The lowest BCUT2D eigenvalue weighted by Crippen LogP contribution is -2.50. The zero-order valence-electron chi connectivity index (χ0n) is 13.7. The summed E-state index contributed by atoms with van der Waals surface area (Å²) >= 11 is 1.66. The molecular formula is C18H26N2OS. The van der Waals surface area contributed by atoms with E-state index in [-0.39, 0.29) is 11.2 Å². The first-order chi connectivity index (χ1) is 10.5. The SMILES string of the molecule is Cc1ccc(SC(C)C(=O)N(C)C2CC3CCC(C2)N3)cc1. The largest absolute Gasteiger partial charge is 0.342 e. The molecule has 2 heterocycles. The van der Waals surface area contributed by atoms with E-state index >= 15 is 0 Å². The zero-order chi connectivity index (χ0) is 15.7. The number of hydrogen-bond acceptors (Lipinski definition) is 3. The third-order valence-corrected chi connectivity index (χ3v) is 6.12. The predicted molar refractivity (Wildman–Crippen MR) is 92.2 cm³/mol. The normalized spacial score (nSPS) is 28.4. The fourth-order valence-corrected chi connectivity index (χ4v) is 4.65. The molecule has 3 atom stereocenters. The number of carbonyl (C=O) groups is 1.